The van der Waals surface area contributed by atoms with Crippen molar-refractivity contribution in [3.05, 3.63) is 68.8 Å². The molecule has 2 aromatic carbocycles. The number of hydrogen-bond acceptors (Lipinski definition) is 7. The fourth-order valence-corrected chi connectivity index (χ4v) is 4.70. The van der Waals surface area contributed by atoms with Gasteiger partial charge in [0.15, 0.2) is 10.0 Å². The fraction of sp³-hybridized carbons (Fsp3) is 0.105. The number of anilines is 1. The standard InChI is InChI=1S/C19H15N5O3S2/c1-10-7-13(29-19-20-11(2)9-28-19)4-6-15(10)21-18(25)17-14-8-12(24(26)27)3-5-16(14)22-23-17/h3-9H,1-2H3,(H,21,25)(H,22,23). The van der Waals surface area contributed by atoms with Crippen molar-refractivity contribution < 1.29 is 9.72 Å². The molecule has 0 aliphatic carbocycles. The molecule has 0 unspecified atom stereocenters. The molecule has 29 heavy (non-hydrogen) atoms. The minimum Gasteiger partial charge on any atom is -0.320 e. The van der Waals surface area contributed by atoms with E-state index in [-0.39, 0.29) is 11.4 Å². The maximum Gasteiger partial charge on any atom is 0.276 e. The number of amides is 1. The van der Waals surface area contributed by atoms with Gasteiger partial charge in [-0.2, -0.15) is 5.10 Å². The molecule has 10 heteroatoms. The van der Waals surface area contributed by atoms with Crippen molar-refractivity contribution in [3.63, 3.8) is 0 Å². The van der Waals surface area contributed by atoms with E-state index in [2.05, 4.69) is 20.5 Å². The van der Waals surface area contributed by atoms with Crippen LogP contribution in [0.4, 0.5) is 11.4 Å². The predicted molar refractivity (Wildman–Crippen MR) is 113 cm³/mol. The van der Waals surface area contributed by atoms with E-state index in [1.54, 1.807) is 23.1 Å². The lowest BCUT2D eigenvalue weighted by atomic mass is 10.1. The minimum absolute atomic E-state index is 0.0945. The Morgan fingerprint density at radius 2 is 2.07 bits per heavy atom. The van der Waals surface area contributed by atoms with Crippen LogP contribution in [0.15, 0.2) is 51.0 Å². The number of H-pyrrole nitrogens is 1. The van der Waals surface area contributed by atoms with Crippen molar-refractivity contribution in [2.24, 2.45) is 0 Å². The first-order chi connectivity index (χ1) is 13.9. The van der Waals surface area contributed by atoms with Crippen LogP contribution < -0.4 is 5.32 Å². The van der Waals surface area contributed by atoms with Crippen LogP contribution in [0.5, 0.6) is 0 Å². The van der Waals surface area contributed by atoms with Gasteiger partial charge in [-0.15, -0.1) is 11.3 Å². The summed E-state index contributed by atoms with van der Waals surface area (Å²) in [6, 6.07) is 9.97. The van der Waals surface area contributed by atoms with E-state index in [9.17, 15) is 14.9 Å². The molecule has 4 aromatic rings. The average Bonchev–Trinajstić information content (AvgIpc) is 3.29. The summed E-state index contributed by atoms with van der Waals surface area (Å²) in [5.74, 6) is -0.434. The molecule has 0 atom stereocenters. The second-order valence-electron chi connectivity index (χ2n) is 6.35. The quantitative estimate of drug-likeness (QED) is 0.345. The highest BCUT2D eigenvalue weighted by Gasteiger charge is 2.18. The molecule has 8 nitrogen and oxygen atoms in total. The van der Waals surface area contributed by atoms with E-state index in [1.165, 1.54) is 18.2 Å². The maximum absolute atomic E-state index is 12.7. The summed E-state index contributed by atoms with van der Waals surface area (Å²) in [5, 5.41) is 23.0. The zero-order valence-electron chi connectivity index (χ0n) is 15.4. The van der Waals surface area contributed by atoms with E-state index >= 15 is 0 Å². The summed E-state index contributed by atoms with van der Waals surface area (Å²) in [5.41, 5.74) is 3.11. The lowest BCUT2D eigenvalue weighted by Crippen LogP contribution is -2.13. The third kappa shape index (κ3) is 3.98. The van der Waals surface area contributed by atoms with Gasteiger partial charge in [-0.3, -0.25) is 20.0 Å². The lowest BCUT2D eigenvalue weighted by molar-refractivity contribution is -0.384. The minimum atomic E-state index is -0.501. The fourth-order valence-electron chi connectivity index (χ4n) is 2.79. The largest absolute Gasteiger partial charge is 0.320 e. The Hall–Kier alpha value is -3.24. The Morgan fingerprint density at radius 1 is 1.24 bits per heavy atom. The van der Waals surface area contributed by atoms with Crippen LogP contribution in [-0.2, 0) is 0 Å². The molecule has 0 saturated carbocycles. The van der Waals surface area contributed by atoms with Crippen LogP contribution in [0.25, 0.3) is 10.9 Å². The molecule has 0 aliphatic rings. The smallest absolute Gasteiger partial charge is 0.276 e. The molecule has 4 rings (SSSR count). The normalized spacial score (nSPS) is 11.0. The van der Waals surface area contributed by atoms with E-state index in [0.717, 1.165) is 20.5 Å². The Morgan fingerprint density at radius 3 is 2.76 bits per heavy atom. The predicted octanol–water partition coefficient (Wildman–Crippen LogP) is 4.95. The number of carbonyl (C=O) groups is 1. The first kappa shape index (κ1) is 19.1. The molecule has 2 N–H and O–H groups in total. The van der Waals surface area contributed by atoms with Gasteiger partial charge >= 0.3 is 0 Å². The van der Waals surface area contributed by atoms with Crippen molar-refractivity contribution in [1.29, 1.82) is 0 Å². The number of fused-ring (bicyclic) bond motifs is 1. The number of non-ortho nitro benzene ring substituents is 1. The third-order valence-electron chi connectivity index (χ3n) is 4.22. The molecule has 2 heterocycles. The van der Waals surface area contributed by atoms with Gasteiger partial charge in [0.25, 0.3) is 11.6 Å². The zero-order chi connectivity index (χ0) is 20.5. The highest BCUT2D eigenvalue weighted by Crippen LogP contribution is 2.32. The number of nitrogens with zero attached hydrogens (tertiary/aromatic N) is 3. The van der Waals surface area contributed by atoms with Gasteiger partial charge in [0, 0.05) is 39.2 Å². The number of aromatic nitrogens is 3. The first-order valence-corrected chi connectivity index (χ1v) is 10.2. The number of aromatic amines is 1. The number of nitrogens with one attached hydrogen (secondary N) is 2. The summed E-state index contributed by atoms with van der Waals surface area (Å²) < 4.78 is 0.961. The second kappa shape index (κ2) is 7.64. The monoisotopic (exact) mass is 425 g/mol. The van der Waals surface area contributed by atoms with E-state index in [4.69, 9.17) is 0 Å². The van der Waals surface area contributed by atoms with Gasteiger partial charge < -0.3 is 5.32 Å². The van der Waals surface area contributed by atoms with Crippen molar-refractivity contribution in [2.75, 3.05) is 5.32 Å². The van der Waals surface area contributed by atoms with Gasteiger partial charge in [0.2, 0.25) is 0 Å². The number of nitro groups is 1. The summed E-state index contributed by atoms with van der Waals surface area (Å²) in [4.78, 5) is 28.7. The van der Waals surface area contributed by atoms with Crippen molar-refractivity contribution in [3.8, 4) is 0 Å². The summed E-state index contributed by atoms with van der Waals surface area (Å²) in [6.45, 7) is 3.86. The van der Waals surface area contributed by atoms with Crippen LogP contribution in [-0.4, -0.2) is 26.0 Å². The van der Waals surface area contributed by atoms with Crippen molar-refractivity contribution in [2.45, 2.75) is 23.1 Å². The number of carbonyl (C=O) groups excluding carboxylic acids is 1. The molecule has 0 spiro atoms. The van der Waals surface area contributed by atoms with Crippen molar-refractivity contribution >= 4 is 51.3 Å². The highest BCUT2D eigenvalue weighted by atomic mass is 32.2. The maximum atomic E-state index is 12.7. The highest BCUT2D eigenvalue weighted by molar-refractivity contribution is 8.01. The lowest BCUT2D eigenvalue weighted by Gasteiger charge is -2.09. The van der Waals surface area contributed by atoms with Gasteiger partial charge in [-0.05, 0) is 43.7 Å². The van der Waals surface area contributed by atoms with Gasteiger partial charge in [0.05, 0.1) is 10.4 Å². The average molecular weight is 425 g/mol. The molecule has 0 bridgehead atoms. The molecule has 0 aliphatic heterocycles. The van der Waals surface area contributed by atoms with Crippen LogP contribution in [0, 0.1) is 24.0 Å². The Bertz CT molecular complexity index is 1250. The van der Waals surface area contributed by atoms with Gasteiger partial charge in [-0.1, -0.05) is 11.8 Å². The van der Waals surface area contributed by atoms with Crippen LogP contribution in [0.3, 0.4) is 0 Å². The molecule has 0 fully saturated rings. The SMILES string of the molecule is Cc1csc(Sc2ccc(NC(=O)c3n[nH]c4ccc([N+](=O)[O-])cc34)c(C)c2)n1. The summed E-state index contributed by atoms with van der Waals surface area (Å²) >= 11 is 3.16. The van der Waals surface area contributed by atoms with E-state index in [1.807, 2.05) is 37.4 Å². The molecule has 0 radical (unpaired) electrons. The molecule has 2 aromatic heterocycles. The number of aryl methyl sites for hydroxylation is 2. The van der Waals surface area contributed by atoms with Crippen molar-refractivity contribution in [1.82, 2.24) is 15.2 Å². The molecule has 0 saturated heterocycles. The molecule has 146 valence electrons. The van der Waals surface area contributed by atoms with Gasteiger partial charge in [0.1, 0.15) is 0 Å². The Balaban J connectivity index is 1.56. The Labute approximate surface area is 173 Å². The molecular formula is C19H15N5O3S2. The summed E-state index contributed by atoms with van der Waals surface area (Å²) in [6.07, 6.45) is 0. The second-order valence-corrected chi connectivity index (χ2v) is 8.53. The topological polar surface area (TPSA) is 114 Å². The summed E-state index contributed by atoms with van der Waals surface area (Å²) in [7, 11) is 0. The van der Waals surface area contributed by atoms with E-state index in [0.29, 0.717) is 16.6 Å². The zero-order valence-corrected chi connectivity index (χ0v) is 17.1. The first-order valence-electron chi connectivity index (χ1n) is 8.55. The third-order valence-corrected chi connectivity index (χ3v) is 6.27. The van der Waals surface area contributed by atoms with Crippen LogP contribution in [0.1, 0.15) is 21.7 Å². The number of rotatable bonds is 5. The van der Waals surface area contributed by atoms with Gasteiger partial charge in [-0.25, -0.2) is 4.98 Å². The number of hydrogen-bond donors (Lipinski definition) is 2. The molecular weight excluding hydrogens is 410 g/mol. The number of nitro benzene ring substituents is 1. The van der Waals surface area contributed by atoms with Crippen LogP contribution >= 0.6 is 23.1 Å². The number of thiazole rings is 1. The number of benzene rings is 2. The van der Waals surface area contributed by atoms with Crippen LogP contribution in [0.2, 0.25) is 0 Å². The van der Waals surface area contributed by atoms with E-state index < -0.39 is 10.8 Å². The molecule has 1 amide bonds. The Kier molecular flexibility index (Phi) is 5.03.